The molecule has 4 N–H and O–H groups in total. The SMILES string of the molecule is CC(C)(C)OC(=O)N1CCN(C2CCC(n3cc(N)c(C(N)=O)n3)CC2)CC1. The summed E-state index contributed by atoms with van der Waals surface area (Å²) < 4.78 is 7.26. The van der Waals surface area contributed by atoms with Crippen LogP contribution in [-0.4, -0.2) is 69.4 Å². The quantitative estimate of drug-likeness (QED) is 0.806. The molecule has 2 amide bonds. The first-order valence-electron chi connectivity index (χ1n) is 10.0. The Morgan fingerprint density at radius 1 is 1.07 bits per heavy atom. The highest BCUT2D eigenvalue weighted by molar-refractivity contribution is 5.95. The number of ether oxygens (including phenoxy) is 1. The van der Waals surface area contributed by atoms with Crippen LogP contribution in [0.2, 0.25) is 0 Å². The van der Waals surface area contributed by atoms with E-state index >= 15 is 0 Å². The van der Waals surface area contributed by atoms with Crippen molar-refractivity contribution >= 4 is 17.7 Å². The molecule has 9 nitrogen and oxygen atoms in total. The van der Waals surface area contributed by atoms with Gasteiger partial charge in [0.1, 0.15) is 5.60 Å². The topological polar surface area (TPSA) is 120 Å². The number of anilines is 1. The standard InChI is InChI=1S/C19H32N6O3/c1-19(2,3)28-18(27)24-10-8-23(9-11-24)13-4-6-14(7-5-13)25-12-15(20)16(22-25)17(21)26/h12-14H,4-11,20H2,1-3H3,(H2,21,26). The minimum atomic E-state index is -0.590. The molecule has 1 aliphatic heterocycles. The average molecular weight is 393 g/mol. The number of carbonyl (C=O) groups excluding carboxylic acids is 2. The Hall–Kier alpha value is -2.29. The normalized spacial score (nSPS) is 24.2. The van der Waals surface area contributed by atoms with Crippen LogP contribution in [0.5, 0.6) is 0 Å². The molecule has 1 aliphatic carbocycles. The molecule has 1 saturated heterocycles. The van der Waals surface area contributed by atoms with E-state index in [0.29, 0.717) is 24.8 Å². The zero-order valence-electron chi connectivity index (χ0n) is 17.1. The first-order chi connectivity index (χ1) is 13.1. The smallest absolute Gasteiger partial charge is 0.410 e. The lowest BCUT2D eigenvalue weighted by Crippen LogP contribution is -2.53. The summed E-state index contributed by atoms with van der Waals surface area (Å²) in [4.78, 5) is 27.8. The molecule has 0 spiro atoms. The number of hydrogen-bond donors (Lipinski definition) is 2. The number of hydrogen-bond acceptors (Lipinski definition) is 6. The highest BCUT2D eigenvalue weighted by atomic mass is 16.6. The van der Waals surface area contributed by atoms with Crippen LogP contribution >= 0.6 is 0 Å². The van der Waals surface area contributed by atoms with E-state index < -0.39 is 11.5 Å². The summed E-state index contributed by atoms with van der Waals surface area (Å²) >= 11 is 0. The Morgan fingerprint density at radius 3 is 2.14 bits per heavy atom. The summed E-state index contributed by atoms with van der Waals surface area (Å²) in [6, 6.07) is 0.759. The second-order valence-corrected chi connectivity index (χ2v) is 8.74. The predicted octanol–water partition coefficient (Wildman–Crippen LogP) is 1.60. The third-order valence-corrected chi connectivity index (χ3v) is 5.52. The zero-order chi connectivity index (χ0) is 20.5. The second-order valence-electron chi connectivity index (χ2n) is 8.74. The molecule has 2 fully saturated rings. The fourth-order valence-electron chi connectivity index (χ4n) is 4.07. The van der Waals surface area contributed by atoms with E-state index in [1.165, 1.54) is 0 Å². The lowest BCUT2D eigenvalue weighted by atomic mass is 9.90. The van der Waals surface area contributed by atoms with Gasteiger partial charge in [0.2, 0.25) is 0 Å². The van der Waals surface area contributed by atoms with Crippen LogP contribution in [0.4, 0.5) is 10.5 Å². The van der Waals surface area contributed by atoms with Crippen molar-refractivity contribution in [3.05, 3.63) is 11.9 Å². The molecular weight excluding hydrogens is 360 g/mol. The van der Waals surface area contributed by atoms with Gasteiger partial charge in [-0.25, -0.2) is 4.79 Å². The Balaban J connectivity index is 1.48. The number of aromatic nitrogens is 2. The number of carbonyl (C=O) groups is 2. The van der Waals surface area contributed by atoms with Gasteiger partial charge in [-0.1, -0.05) is 0 Å². The molecular formula is C19H32N6O3. The maximum Gasteiger partial charge on any atom is 0.410 e. The van der Waals surface area contributed by atoms with Crippen molar-refractivity contribution in [3.8, 4) is 0 Å². The number of nitrogens with zero attached hydrogens (tertiary/aromatic N) is 4. The Labute approximate surface area is 166 Å². The van der Waals surface area contributed by atoms with Crippen LogP contribution in [0.3, 0.4) is 0 Å². The molecule has 0 unspecified atom stereocenters. The molecule has 156 valence electrons. The number of amides is 2. The minimum absolute atomic E-state index is 0.153. The summed E-state index contributed by atoms with van der Waals surface area (Å²) in [6.07, 6.45) is 5.57. The molecule has 1 aromatic heterocycles. The highest BCUT2D eigenvalue weighted by Gasteiger charge is 2.32. The van der Waals surface area contributed by atoms with Crippen LogP contribution in [0, 0.1) is 0 Å². The monoisotopic (exact) mass is 392 g/mol. The van der Waals surface area contributed by atoms with E-state index in [1.54, 1.807) is 15.8 Å². The Bertz CT molecular complexity index is 710. The maximum atomic E-state index is 12.2. The summed E-state index contributed by atoms with van der Waals surface area (Å²) in [7, 11) is 0. The lowest BCUT2D eigenvalue weighted by molar-refractivity contribution is 0.00722. The van der Waals surface area contributed by atoms with Crippen molar-refractivity contribution in [1.82, 2.24) is 19.6 Å². The molecule has 1 saturated carbocycles. The van der Waals surface area contributed by atoms with Crippen LogP contribution in [0.1, 0.15) is 63.0 Å². The zero-order valence-corrected chi connectivity index (χ0v) is 17.1. The van der Waals surface area contributed by atoms with Crippen molar-refractivity contribution in [2.24, 2.45) is 5.73 Å². The van der Waals surface area contributed by atoms with Gasteiger partial charge in [-0.3, -0.25) is 14.4 Å². The van der Waals surface area contributed by atoms with Crippen LogP contribution in [0.25, 0.3) is 0 Å². The summed E-state index contributed by atoms with van der Waals surface area (Å²) in [5, 5.41) is 4.27. The van der Waals surface area contributed by atoms with Crippen LogP contribution < -0.4 is 11.5 Å². The summed E-state index contributed by atoms with van der Waals surface area (Å²) in [5.41, 5.74) is 11.2. The molecule has 0 radical (unpaired) electrons. The van der Waals surface area contributed by atoms with Crippen molar-refractivity contribution < 1.29 is 14.3 Å². The minimum Gasteiger partial charge on any atom is -0.444 e. The predicted molar refractivity (Wildman–Crippen MR) is 106 cm³/mol. The highest BCUT2D eigenvalue weighted by Crippen LogP contribution is 2.32. The second kappa shape index (κ2) is 7.98. The average Bonchev–Trinajstić information content (AvgIpc) is 3.03. The van der Waals surface area contributed by atoms with E-state index in [2.05, 4.69) is 10.00 Å². The molecule has 0 atom stereocenters. The first-order valence-corrected chi connectivity index (χ1v) is 10.0. The van der Waals surface area contributed by atoms with Crippen molar-refractivity contribution in [2.45, 2.75) is 64.1 Å². The fraction of sp³-hybridized carbons (Fsp3) is 0.737. The van der Waals surface area contributed by atoms with Gasteiger partial charge in [0, 0.05) is 38.4 Å². The van der Waals surface area contributed by atoms with Gasteiger partial charge >= 0.3 is 6.09 Å². The Kier molecular flexibility index (Phi) is 5.83. The van der Waals surface area contributed by atoms with Crippen molar-refractivity contribution in [1.29, 1.82) is 0 Å². The third-order valence-electron chi connectivity index (χ3n) is 5.52. The maximum absolute atomic E-state index is 12.2. The van der Waals surface area contributed by atoms with Crippen LogP contribution in [-0.2, 0) is 4.74 Å². The molecule has 1 aromatic rings. The first kappa shape index (κ1) is 20.4. The van der Waals surface area contributed by atoms with Gasteiger partial charge in [0.25, 0.3) is 5.91 Å². The van der Waals surface area contributed by atoms with E-state index in [0.717, 1.165) is 38.8 Å². The molecule has 9 heteroatoms. The molecule has 3 rings (SSSR count). The Morgan fingerprint density at radius 2 is 1.64 bits per heavy atom. The third kappa shape index (κ3) is 4.76. The number of nitrogens with two attached hydrogens (primary N) is 2. The number of primary amides is 1. The van der Waals surface area contributed by atoms with Crippen LogP contribution in [0.15, 0.2) is 6.20 Å². The molecule has 28 heavy (non-hydrogen) atoms. The molecule has 0 aromatic carbocycles. The summed E-state index contributed by atoms with van der Waals surface area (Å²) in [6.45, 7) is 8.81. The summed E-state index contributed by atoms with van der Waals surface area (Å²) in [5.74, 6) is -0.590. The van der Waals surface area contributed by atoms with E-state index in [1.807, 2.05) is 20.8 Å². The number of rotatable bonds is 3. The van der Waals surface area contributed by atoms with Gasteiger partial charge in [0.05, 0.1) is 11.7 Å². The van der Waals surface area contributed by atoms with E-state index in [4.69, 9.17) is 16.2 Å². The van der Waals surface area contributed by atoms with Gasteiger partial charge in [-0.15, -0.1) is 0 Å². The van der Waals surface area contributed by atoms with Gasteiger partial charge in [0.15, 0.2) is 5.69 Å². The van der Waals surface area contributed by atoms with E-state index in [9.17, 15) is 9.59 Å². The van der Waals surface area contributed by atoms with Gasteiger partial charge in [-0.2, -0.15) is 5.10 Å². The van der Waals surface area contributed by atoms with Gasteiger partial charge in [-0.05, 0) is 46.5 Å². The lowest BCUT2D eigenvalue weighted by Gasteiger charge is -2.42. The number of nitrogen functional groups attached to an aromatic ring is 1. The van der Waals surface area contributed by atoms with Gasteiger partial charge < -0.3 is 21.1 Å². The van der Waals surface area contributed by atoms with Crippen molar-refractivity contribution in [2.75, 3.05) is 31.9 Å². The van der Waals surface area contributed by atoms with Crippen molar-refractivity contribution in [3.63, 3.8) is 0 Å². The molecule has 2 aliphatic rings. The molecule has 2 heterocycles. The van der Waals surface area contributed by atoms with E-state index in [-0.39, 0.29) is 17.8 Å². The molecule has 0 bridgehead atoms. The largest absolute Gasteiger partial charge is 0.444 e. The number of piperazine rings is 1. The fourth-order valence-corrected chi connectivity index (χ4v) is 4.07.